The van der Waals surface area contributed by atoms with Gasteiger partial charge in [0.1, 0.15) is 17.9 Å². The maximum atomic E-state index is 13.0. The molecule has 150 valence electrons. The van der Waals surface area contributed by atoms with E-state index in [1.807, 2.05) is 30.3 Å². The highest BCUT2D eigenvalue weighted by molar-refractivity contribution is 6.00. The van der Waals surface area contributed by atoms with Crippen LogP contribution in [0.4, 0.5) is 5.82 Å². The van der Waals surface area contributed by atoms with Crippen molar-refractivity contribution in [3.8, 4) is 0 Å². The zero-order valence-corrected chi connectivity index (χ0v) is 16.6. The number of hydrogen-bond donors (Lipinski definition) is 2. The van der Waals surface area contributed by atoms with Gasteiger partial charge in [-0.1, -0.05) is 37.3 Å². The minimum atomic E-state index is -0.580. The lowest BCUT2D eigenvalue weighted by Crippen LogP contribution is -3.13. The highest BCUT2D eigenvalue weighted by Crippen LogP contribution is 2.10. The number of rotatable bonds is 6. The molecule has 7 heteroatoms. The van der Waals surface area contributed by atoms with Crippen molar-refractivity contribution in [2.75, 3.05) is 25.4 Å². The third-order valence-electron chi connectivity index (χ3n) is 5.64. The van der Waals surface area contributed by atoms with Crippen LogP contribution in [-0.2, 0) is 13.1 Å². The molecule has 1 aliphatic heterocycles. The summed E-state index contributed by atoms with van der Waals surface area (Å²) in [5.74, 6) is 0.364. The fraction of sp³-hybridized carbons (Fsp3) is 0.476. The molecular weight excluding hydrogens is 356 g/mol. The number of nitrogens with one attached hydrogen (secondary N) is 1. The summed E-state index contributed by atoms with van der Waals surface area (Å²) < 4.78 is 2.43. The molecule has 0 amide bonds. The number of likely N-dealkylation sites (tertiary alicyclic amines) is 1. The van der Waals surface area contributed by atoms with E-state index in [0.717, 1.165) is 36.1 Å². The Kier molecular flexibility index (Phi) is 6.14. The molecule has 0 saturated carbocycles. The second-order valence-corrected chi connectivity index (χ2v) is 7.70. The normalized spacial score (nSPS) is 19.5. The molecule has 0 bridgehead atoms. The number of Topliss-reactive ketones (excluding diaryl/α,β-unsaturated/α-hetero) is 1. The van der Waals surface area contributed by atoms with Crippen molar-refractivity contribution in [1.29, 1.82) is 0 Å². The van der Waals surface area contributed by atoms with Gasteiger partial charge in [0, 0.05) is 6.54 Å². The maximum Gasteiger partial charge on any atom is 0.332 e. The SMILES string of the molecule is CCn1c(=O)c(C(=O)C[NH+]2CCC(C)CC2)c(N)n(Cc2ccccc2)c1=O. The van der Waals surface area contributed by atoms with Gasteiger partial charge in [0.25, 0.3) is 5.56 Å². The Hall–Kier alpha value is -2.67. The predicted octanol–water partition coefficient (Wildman–Crippen LogP) is 0.158. The molecule has 0 atom stereocenters. The van der Waals surface area contributed by atoms with E-state index in [1.165, 1.54) is 9.47 Å². The summed E-state index contributed by atoms with van der Waals surface area (Å²) in [5.41, 5.74) is 5.97. The summed E-state index contributed by atoms with van der Waals surface area (Å²) in [6.45, 7) is 6.42. The van der Waals surface area contributed by atoms with E-state index in [2.05, 4.69) is 6.92 Å². The summed E-state index contributed by atoms with van der Waals surface area (Å²) in [4.78, 5) is 39.8. The number of nitrogen functional groups attached to an aromatic ring is 1. The molecule has 0 spiro atoms. The molecule has 3 N–H and O–H groups in total. The maximum absolute atomic E-state index is 13.0. The number of piperidine rings is 1. The van der Waals surface area contributed by atoms with Crippen molar-refractivity contribution in [3.63, 3.8) is 0 Å². The minimum Gasteiger partial charge on any atom is -0.384 e. The molecule has 0 radical (unpaired) electrons. The fourth-order valence-electron chi connectivity index (χ4n) is 3.84. The number of benzene rings is 1. The van der Waals surface area contributed by atoms with Crippen molar-refractivity contribution in [1.82, 2.24) is 9.13 Å². The number of carbonyl (C=O) groups is 1. The number of nitrogens with two attached hydrogens (primary N) is 1. The van der Waals surface area contributed by atoms with Gasteiger partial charge in [-0.15, -0.1) is 0 Å². The van der Waals surface area contributed by atoms with Crippen LogP contribution in [0.25, 0.3) is 0 Å². The molecule has 1 saturated heterocycles. The first-order valence-electron chi connectivity index (χ1n) is 9.96. The number of hydrogen-bond acceptors (Lipinski definition) is 4. The molecule has 0 unspecified atom stereocenters. The van der Waals surface area contributed by atoms with Gasteiger partial charge in [-0.3, -0.25) is 18.7 Å². The smallest absolute Gasteiger partial charge is 0.332 e. The Morgan fingerprint density at radius 1 is 1.14 bits per heavy atom. The third-order valence-corrected chi connectivity index (χ3v) is 5.64. The topological polar surface area (TPSA) is 91.5 Å². The predicted molar refractivity (Wildman–Crippen MR) is 109 cm³/mol. The molecule has 7 nitrogen and oxygen atoms in total. The van der Waals surface area contributed by atoms with Gasteiger partial charge in [-0.2, -0.15) is 0 Å². The molecule has 2 heterocycles. The summed E-state index contributed by atoms with van der Waals surface area (Å²) in [5, 5.41) is 0. The second kappa shape index (κ2) is 8.56. The summed E-state index contributed by atoms with van der Waals surface area (Å²) >= 11 is 0. The molecule has 1 aromatic carbocycles. The highest BCUT2D eigenvalue weighted by Gasteiger charge is 2.27. The van der Waals surface area contributed by atoms with E-state index >= 15 is 0 Å². The van der Waals surface area contributed by atoms with Crippen LogP contribution in [0.5, 0.6) is 0 Å². The molecule has 1 aromatic heterocycles. The Bertz CT molecular complexity index is 954. The molecule has 1 fully saturated rings. The largest absolute Gasteiger partial charge is 0.384 e. The highest BCUT2D eigenvalue weighted by atomic mass is 16.2. The lowest BCUT2D eigenvalue weighted by atomic mass is 9.99. The Morgan fingerprint density at radius 3 is 2.39 bits per heavy atom. The second-order valence-electron chi connectivity index (χ2n) is 7.70. The number of aromatic nitrogens is 2. The number of quaternary nitrogens is 1. The van der Waals surface area contributed by atoms with Crippen molar-refractivity contribution in [3.05, 3.63) is 62.3 Å². The Labute approximate surface area is 164 Å². The Balaban J connectivity index is 1.98. The third kappa shape index (κ3) is 4.09. The molecule has 2 aromatic rings. The van der Waals surface area contributed by atoms with E-state index in [9.17, 15) is 14.4 Å². The van der Waals surface area contributed by atoms with Gasteiger partial charge < -0.3 is 10.6 Å². The van der Waals surface area contributed by atoms with Crippen molar-refractivity contribution in [2.24, 2.45) is 5.92 Å². The van der Waals surface area contributed by atoms with E-state index in [-0.39, 0.29) is 36.8 Å². The van der Waals surface area contributed by atoms with E-state index in [1.54, 1.807) is 6.92 Å². The van der Waals surface area contributed by atoms with Gasteiger partial charge in [0.15, 0.2) is 0 Å². The van der Waals surface area contributed by atoms with E-state index < -0.39 is 11.2 Å². The van der Waals surface area contributed by atoms with Crippen molar-refractivity contribution >= 4 is 11.6 Å². The number of anilines is 1. The lowest BCUT2D eigenvalue weighted by Gasteiger charge is -2.27. The summed E-state index contributed by atoms with van der Waals surface area (Å²) in [6.07, 6.45) is 2.15. The first-order valence-corrected chi connectivity index (χ1v) is 9.96. The molecule has 28 heavy (non-hydrogen) atoms. The van der Waals surface area contributed by atoms with Crippen LogP contribution < -0.4 is 21.9 Å². The van der Waals surface area contributed by atoms with Crippen LogP contribution >= 0.6 is 0 Å². The number of carbonyl (C=O) groups excluding carboxylic acids is 1. The van der Waals surface area contributed by atoms with E-state index in [0.29, 0.717) is 5.92 Å². The van der Waals surface area contributed by atoms with Crippen LogP contribution in [0.3, 0.4) is 0 Å². The quantitative estimate of drug-likeness (QED) is 0.693. The average molecular weight is 385 g/mol. The Morgan fingerprint density at radius 2 is 1.79 bits per heavy atom. The summed E-state index contributed by atoms with van der Waals surface area (Å²) in [6, 6.07) is 9.40. The zero-order valence-electron chi connectivity index (χ0n) is 16.6. The first kappa shape index (κ1) is 20.1. The summed E-state index contributed by atoms with van der Waals surface area (Å²) in [7, 11) is 0. The first-order chi connectivity index (χ1) is 13.4. The van der Waals surface area contributed by atoms with Crippen LogP contribution in [0, 0.1) is 5.92 Å². The molecule has 1 aliphatic rings. The van der Waals surface area contributed by atoms with Gasteiger partial charge in [0.05, 0.1) is 19.6 Å². The van der Waals surface area contributed by atoms with Gasteiger partial charge in [-0.05, 0) is 31.2 Å². The van der Waals surface area contributed by atoms with Gasteiger partial charge in [-0.25, -0.2) is 4.79 Å². The molecule has 0 aliphatic carbocycles. The number of ketones is 1. The zero-order chi connectivity index (χ0) is 20.3. The monoisotopic (exact) mass is 385 g/mol. The molecular formula is C21H29N4O3+. The van der Waals surface area contributed by atoms with Crippen molar-refractivity contribution < 1.29 is 9.69 Å². The van der Waals surface area contributed by atoms with Gasteiger partial charge in [0.2, 0.25) is 5.78 Å². The average Bonchev–Trinajstić information content (AvgIpc) is 2.68. The van der Waals surface area contributed by atoms with Gasteiger partial charge >= 0.3 is 5.69 Å². The number of nitrogens with zero attached hydrogens (tertiary/aromatic N) is 2. The lowest BCUT2D eigenvalue weighted by molar-refractivity contribution is -0.897. The van der Waals surface area contributed by atoms with E-state index in [4.69, 9.17) is 5.73 Å². The van der Waals surface area contributed by atoms with Crippen LogP contribution in [0.15, 0.2) is 39.9 Å². The molecule has 3 rings (SSSR count). The fourth-order valence-corrected chi connectivity index (χ4v) is 3.84. The van der Waals surface area contributed by atoms with Crippen LogP contribution in [0.1, 0.15) is 42.6 Å². The van der Waals surface area contributed by atoms with Crippen LogP contribution in [0.2, 0.25) is 0 Å². The van der Waals surface area contributed by atoms with Crippen molar-refractivity contribution in [2.45, 2.75) is 39.8 Å². The minimum absolute atomic E-state index is 0.0293. The van der Waals surface area contributed by atoms with Crippen LogP contribution in [-0.4, -0.2) is 34.6 Å². The standard InChI is InChI=1S/C21H28N4O3/c1-3-24-20(27)18(17(26)14-23-11-9-15(2)10-12-23)19(22)25(21(24)28)13-16-7-5-4-6-8-16/h4-8,15H,3,9-14,22H2,1-2H3/p+1.